The van der Waals surface area contributed by atoms with Crippen LogP contribution in [0.25, 0.3) is 0 Å². The van der Waals surface area contributed by atoms with Gasteiger partial charge in [-0.15, -0.1) is 0 Å². The van der Waals surface area contributed by atoms with E-state index in [-0.39, 0.29) is 0 Å². The molecule has 0 aliphatic heterocycles. The van der Waals surface area contributed by atoms with E-state index in [2.05, 4.69) is 5.32 Å². The van der Waals surface area contributed by atoms with Crippen molar-refractivity contribution < 1.29 is 17.9 Å². The summed E-state index contributed by atoms with van der Waals surface area (Å²) in [5, 5.41) is 4.01. The molecule has 0 heterocycles. The second kappa shape index (κ2) is 12.5. The van der Waals surface area contributed by atoms with Gasteiger partial charge in [0, 0.05) is 28.1 Å². The molecule has 0 fully saturated rings. The fourth-order valence-corrected chi connectivity index (χ4v) is 6.10. The lowest BCUT2D eigenvalue weighted by Crippen LogP contribution is -2.48. The van der Waals surface area contributed by atoms with Crippen molar-refractivity contribution in [3.63, 3.8) is 0 Å². The number of sulfonamides is 1. The third kappa shape index (κ3) is 7.80. The Hall–Kier alpha value is -2.39. The normalized spacial score (nSPS) is 12.1. The van der Waals surface area contributed by atoms with Crippen LogP contribution < -0.4 is 14.4 Å². The lowest BCUT2D eigenvalue weighted by molar-refractivity contribution is -0.121. The van der Waals surface area contributed by atoms with E-state index in [1.54, 1.807) is 61.2 Å². The average Bonchev–Trinajstić information content (AvgIpc) is 2.81. The Morgan fingerprint density at radius 3 is 2.17 bits per heavy atom. The van der Waals surface area contributed by atoms with E-state index in [1.807, 2.05) is 30.3 Å². The van der Waals surface area contributed by atoms with Gasteiger partial charge in [0.05, 0.1) is 11.9 Å². The number of halogens is 2. The molecule has 0 bridgehead atoms. The predicted molar refractivity (Wildman–Crippen MR) is 145 cm³/mol. The largest absolute Gasteiger partial charge is 0.457 e. The Labute approximate surface area is 220 Å². The summed E-state index contributed by atoms with van der Waals surface area (Å²) in [6, 6.07) is 20.3. The second-order valence-corrected chi connectivity index (χ2v) is 11.5. The lowest BCUT2D eigenvalue weighted by Gasteiger charge is -2.28. The average molecular weight is 554 g/mol. The van der Waals surface area contributed by atoms with Gasteiger partial charge in [-0.3, -0.25) is 9.10 Å². The summed E-state index contributed by atoms with van der Waals surface area (Å²) in [6.45, 7) is 1.93. The van der Waals surface area contributed by atoms with Crippen molar-refractivity contribution in [1.29, 1.82) is 0 Å². The Kier molecular flexibility index (Phi) is 9.74. The number of ether oxygens (including phenoxy) is 1. The molecule has 35 heavy (non-hydrogen) atoms. The first-order valence-corrected chi connectivity index (χ1v) is 14.5. The number of nitrogens with zero attached hydrogens (tertiary/aromatic N) is 1. The van der Waals surface area contributed by atoms with Crippen LogP contribution in [0.1, 0.15) is 12.5 Å². The molecule has 6 nitrogen and oxygen atoms in total. The third-order valence-corrected chi connectivity index (χ3v) is 7.95. The number of para-hydroxylation sites is 1. The zero-order chi connectivity index (χ0) is 25.4. The van der Waals surface area contributed by atoms with Crippen LogP contribution in [0.4, 0.5) is 5.69 Å². The molecule has 0 aromatic heterocycles. The topological polar surface area (TPSA) is 75.7 Å². The van der Waals surface area contributed by atoms with E-state index in [9.17, 15) is 13.2 Å². The number of hydrogen-bond donors (Lipinski definition) is 1. The highest BCUT2D eigenvalue weighted by Gasteiger charge is 2.29. The Morgan fingerprint density at radius 2 is 1.57 bits per heavy atom. The van der Waals surface area contributed by atoms with Gasteiger partial charge in [-0.05, 0) is 61.0 Å². The number of rotatable bonds is 11. The summed E-state index contributed by atoms with van der Waals surface area (Å²) in [6.07, 6.45) is 1.08. The fourth-order valence-electron chi connectivity index (χ4n) is 3.33. The molecular weight excluding hydrogens is 527 g/mol. The van der Waals surface area contributed by atoms with Crippen LogP contribution in [-0.2, 0) is 20.6 Å². The zero-order valence-corrected chi connectivity index (χ0v) is 22.4. The van der Waals surface area contributed by atoms with Gasteiger partial charge in [0.25, 0.3) is 0 Å². The van der Waals surface area contributed by atoms with E-state index in [0.717, 1.165) is 16.1 Å². The number of thioether (sulfide) groups is 1. The summed E-state index contributed by atoms with van der Waals surface area (Å²) in [4.78, 5) is 12.8. The Morgan fingerprint density at radius 1 is 0.971 bits per heavy atom. The van der Waals surface area contributed by atoms with Crippen molar-refractivity contribution in [1.82, 2.24) is 5.32 Å². The van der Waals surface area contributed by atoms with E-state index >= 15 is 0 Å². The SMILES string of the molecule is C[C@@H](C(=O)NCCSCc1c(Cl)cccc1Cl)N(c1ccc(Oc2ccccc2)cc1)S(C)(=O)=O. The molecular formula is C25H26Cl2N2O4S2. The monoisotopic (exact) mass is 552 g/mol. The highest BCUT2D eigenvalue weighted by Crippen LogP contribution is 2.29. The van der Waals surface area contributed by atoms with E-state index in [4.69, 9.17) is 27.9 Å². The number of amides is 1. The molecule has 0 saturated heterocycles. The molecule has 10 heteroatoms. The van der Waals surface area contributed by atoms with Crippen molar-refractivity contribution in [3.05, 3.63) is 88.4 Å². The summed E-state index contributed by atoms with van der Waals surface area (Å²) in [5.41, 5.74) is 1.22. The molecule has 0 saturated carbocycles. The molecule has 3 aromatic rings. The van der Waals surface area contributed by atoms with E-state index < -0.39 is 22.0 Å². The van der Waals surface area contributed by atoms with Gasteiger partial charge in [0.1, 0.15) is 17.5 Å². The van der Waals surface area contributed by atoms with Gasteiger partial charge in [-0.2, -0.15) is 11.8 Å². The first-order valence-electron chi connectivity index (χ1n) is 10.8. The van der Waals surface area contributed by atoms with Crippen LogP contribution in [0, 0.1) is 0 Å². The quantitative estimate of drug-likeness (QED) is 0.295. The maximum Gasteiger partial charge on any atom is 0.243 e. The minimum absolute atomic E-state index is 0.372. The summed E-state index contributed by atoms with van der Waals surface area (Å²) in [5.74, 6) is 2.06. The summed E-state index contributed by atoms with van der Waals surface area (Å²) < 4.78 is 31.9. The van der Waals surface area contributed by atoms with Crippen LogP contribution in [0.5, 0.6) is 11.5 Å². The van der Waals surface area contributed by atoms with Crippen molar-refractivity contribution in [3.8, 4) is 11.5 Å². The van der Waals surface area contributed by atoms with Crippen LogP contribution in [-0.4, -0.2) is 38.9 Å². The Balaban J connectivity index is 1.58. The van der Waals surface area contributed by atoms with Crippen LogP contribution in [0.2, 0.25) is 10.0 Å². The van der Waals surface area contributed by atoms with Gasteiger partial charge >= 0.3 is 0 Å². The van der Waals surface area contributed by atoms with Gasteiger partial charge in [0.15, 0.2) is 0 Å². The first kappa shape index (κ1) is 27.2. The molecule has 0 aliphatic carbocycles. The zero-order valence-electron chi connectivity index (χ0n) is 19.3. The minimum atomic E-state index is -3.72. The van der Waals surface area contributed by atoms with E-state index in [0.29, 0.717) is 45.3 Å². The fraction of sp³-hybridized carbons (Fsp3) is 0.240. The number of carbonyl (C=O) groups excluding carboxylic acids is 1. The van der Waals surface area contributed by atoms with Crippen molar-refractivity contribution in [2.75, 3.05) is 22.9 Å². The standard InChI is InChI=1S/C25H26Cl2N2O4S2/c1-18(25(30)28-15-16-34-17-22-23(26)9-6-10-24(22)27)29(35(2,31)32)19-11-13-21(14-12-19)33-20-7-4-3-5-8-20/h3-14,18H,15-17H2,1-2H3,(H,28,30)/t18-/m0/s1. The van der Waals surface area contributed by atoms with Crippen LogP contribution >= 0.6 is 35.0 Å². The Bertz CT molecular complexity index is 1220. The maximum absolute atomic E-state index is 12.8. The number of carbonyl (C=O) groups is 1. The number of hydrogen-bond acceptors (Lipinski definition) is 5. The van der Waals surface area contributed by atoms with Crippen molar-refractivity contribution >= 4 is 56.6 Å². The molecule has 0 radical (unpaired) electrons. The summed E-state index contributed by atoms with van der Waals surface area (Å²) >= 11 is 13.9. The smallest absolute Gasteiger partial charge is 0.243 e. The molecule has 186 valence electrons. The molecule has 0 spiro atoms. The molecule has 1 atom stereocenters. The third-order valence-electron chi connectivity index (χ3n) is 5.01. The van der Waals surface area contributed by atoms with Crippen LogP contribution in [0.3, 0.4) is 0 Å². The van der Waals surface area contributed by atoms with Gasteiger partial charge in [0.2, 0.25) is 15.9 Å². The lowest BCUT2D eigenvalue weighted by atomic mass is 10.2. The van der Waals surface area contributed by atoms with E-state index in [1.165, 1.54) is 0 Å². The highest BCUT2D eigenvalue weighted by molar-refractivity contribution is 7.98. The molecule has 0 unspecified atom stereocenters. The molecule has 1 N–H and O–H groups in total. The highest BCUT2D eigenvalue weighted by atomic mass is 35.5. The number of anilines is 1. The summed E-state index contributed by atoms with van der Waals surface area (Å²) in [7, 11) is -3.72. The minimum Gasteiger partial charge on any atom is -0.457 e. The van der Waals surface area contributed by atoms with Gasteiger partial charge in [-0.1, -0.05) is 47.5 Å². The van der Waals surface area contributed by atoms with Crippen molar-refractivity contribution in [2.45, 2.75) is 18.7 Å². The maximum atomic E-state index is 12.8. The first-order chi connectivity index (χ1) is 16.7. The molecule has 3 aromatic carbocycles. The predicted octanol–water partition coefficient (Wildman–Crippen LogP) is 5.99. The second-order valence-electron chi connectivity index (χ2n) is 7.69. The molecule has 1 amide bonds. The van der Waals surface area contributed by atoms with Crippen LogP contribution in [0.15, 0.2) is 72.8 Å². The number of nitrogens with one attached hydrogen (secondary N) is 1. The molecule has 0 aliphatic rings. The van der Waals surface area contributed by atoms with Gasteiger partial charge in [-0.25, -0.2) is 8.42 Å². The number of benzene rings is 3. The molecule has 3 rings (SSSR count). The van der Waals surface area contributed by atoms with Gasteiger partial charge < -0.3 is 10.1 Å². The van der Waals surface area contributed by atoms with Crippen molar-refractivity contribution in [2.24, 2.45) is 0 Å².